The molecule has 1 aliphatic heterocycles. The molecule has 4 nitrogen and oxygen atoms in total. The predicted octanol–water partition coefficient (Wildman–Crippen LogP) is 3.46. The highest BCUT2D eigenvalue weighted by Crippen LogP contribution is 2.35. The molecule has 0 amide bonds. The van der Waals surface area contributed by atoms with Crippen LogP contribution in [-0.2, 0) is 0 Å². The van der Waals surface area contributed by atoms with Crippen LogP contribution in [0.5, 0.6) is 5.75 Å². The van der Waals surface area contributed by atoms with Crippen LogP contribution in [-0.4, -0.2) is 17.7 Å². The second-order valence-electron chi connectivity index (χ2n) is 4.84. The third-order valence-electron chi connectivity index (χ3n) is 3.52. The maximum Gasteiger partial charge on any atom is 0.337 e. The fourth-order valence-electron chi connectivity index (χ4n) is 2.52. The van der Waals surface area contributed by atoms with Crippen molar-refractivity contribution < 1.29 is 19.0 Å². The van der Waals surface area contributed by atoms with E-state index in [9.17, 15) is 14.3 Å². The summed E-state index contributed by atoms with van der Waals surface area (Å²) in [5.41, 5.74) is 0.856. The zero-order valence-electron chi connectivity index (χ0n) is 11.2. The Balaban J connectivity index is 1.97. The van der Waals surface area contributed by atoms with Gasteiger partial charge in [-0.25, -0.2) is 9.18 Å². The first-order valence-corrected chi connectivity index (χ1v) is 6.67. The number of hydrogen-bond donors (Lipinski definition) is 2. The Bertz CT molecular complexity index is 687. The normalized spacial score (nSPS) is 16.7. The van der Waals surface area contributed by atoms with E-state index in [1.807, 2.05) is 24.3 Å². The molecule has 0 aromatic heterocycles. The number of carboxylic acid groups (broad SMARTS) is 1. The van der Waals surface area contributed by atoms with Crippen LogP contribution >= 0.6 is 0 Å². The van der Waals surface area contributed by atoms with Gasteiger partial charge >= 0.3 is 5.97 Å². The van der Waals surface area contributed by atoms with Crippen molar-refractivity contribution in [2.75, 3.05) is 11.9 Å². The molecule has 0 saturated heterocycles. The quantitative estimate of drug-likeness (QED) is 0.907. The number of carboxylic acids is 1. The molecule has 1 atom stereocenters. The first-order valence-electron chi connectivity index (χ1n) is 6.67. The Morgan fingerprint density at radius 2 is 2.05 bits per heavy atom. The summed E-state index contributed by atoms with van der Waals surface area (Å²) in [7, 11) is 0. The molecule has 0 fully saturated rings. The van der Waals surface area contributed by atoms with Gasteiger partial charge in [-0.3, -0.25) is 0 Å². The maximum absolute atomic E-state index is 14.0. The lowest BCUT2D eigenvalue weighted by atomic mass is 9.99. The highest BCUT2D eigenvalue weighted by atomic mass is 19.1. The van der Waals surface area contributed by atoms with Crippen molar-refractivity contribution in [1.29, 1.82) is 0 Å². The number of benzene rings is 2. The van der Waals surface area contributed by atoms with Crippen LogP contribution in [0.25, 0.3) is 0 Å². The summed E-state index contributed by atoms with van der Waals surface area (Å²) >= 11 is 0. The molecule has 1 heterocycles. The van der Waals surface area contributed by atoms with Gasteiger partial charge in [0, 0.05) is 12.0 Å². The molecule has 1 aliphatic rings. The molecule has 21 heavy (non-hydrogen) atoms. The predicted molar refractivity (Wildman–Crippen MR) is 76.3 cm³/mol. The number of rotatable bonds is 3. The number of nitrogens with one attached hydrogen (secondary N) is 1. The maximum atomic E-state index is 14.0. The number of fused-ring (bicyclic) bond motifs is 1. The first kappa shape index (κ1) is 13.4. The van der Waals surface area contributed by atoms with E-state index in [4.69, 9.17) is 4.74 Å². The molecule has 0 bridgehead atoms. The average Bonchev–Trinajstić information content (AvgIpc) is 2.49. The minimum atomic E-state index is -1.16. The number of aromatic carboxylic acids is 1. The van der Waals surface area contributed by atoms with Crippen molar-refractivity contribution in [3.8, 4) is 5.75 Å². The molecule has 2 aromatic carbocycles. The topological polar surface area (TPSA) is 58.6 Å². The molecule has 0 spiro atoms. The summed E-state index contributed by atoms with van der Waals surface area (Å²) in [5.74, 6) is -0.981. The lowest BCUT2D eigenvalue weighted by molar-refractivity contribution is 0.0697. The zero-order chi connectivity index (χ0) is 14.8. The van der Waals surface area contributed by atoms with E-state index in [2.05, 4.69) is 5.32 Å². The van der Waals surface area contributed by atoms with Crippen molar-refractivity contribution >= 4 is 11.7 Å². The summed E-state index contributed by atoms with van der Waals surface area (Å²) in [5, 5.41) is 12.2. The van der Waals surface area contributed by atoms with E-state index in [0.29, 0.717) is 13.0 Å². The average molecular weight is 287 g/mol. The van der Waals surface area contributed by atoms with Gasteiger partial charge < -0.3 is 15.2 Å². The van der Waals surface area contributed by atoms with E-state index >= 15 is 0 Å². The van der Waals surface area contributed by atoms with Crippen molar-refractivity contribution in [2.45, 2.75) is 12.5 Å². The van der Waals surface area contributed by atoms with Gasteiger partial charge in [-0.15, -0.1) is 0 Å². The van der Waals surface area contributed by atoms with Gasteiger partial charge in [0.1, 0.15) is 11.6 Å². The Morgan fingerprint density at radius 1 is 1.24 bits per heavy atom. The highest BCUT2D eigenvalue weighted by Gasteiger charge is 2.24. The van der Waals surface area contributed by atoms with Gasteiger partial charge in [-0.1, -0.05) is 24.3 Å². The van der Waals surface area contributed by atoms with Crippen molar-refractivity contribution in [3.05, 3.63) is 59.4 Å². The molecular weight excluding hydrogens is 273 g/mol. The molecule has 1 unspecified atom stereocenters. The number of ether oxygens (including phenoxy) is 1. The van der Waals surface area contributed by atoms with Crippen LogP contribution in [0.3, 0.4) is 0 Å². The smallest absolute Gasteiger partial charge is 0.337 e. The van der Waals surface area contributed by atoms with E-state index in [0.717, 1.165) is 11.3 Å². The van der Waals surface area contributed by atoms with Gasteiger partial charge in [0.05, 0.1) is 23.9 Å². The van der Waals surface area contributed by atoms with Crippen molar-refractivity contribution in [1.82, 2.24) is 0 Å². The van der Waals surface area contributed by atoms with Gasteiger partial charge in [-0.2, -0.15) is 0 Å². The fraction of sp³-hybridized carbons (Fsp3) is 0.188. The minimum absolute atomic E-state index is 0.0201. The third-order valence-corrected chi connectivity index (χ3v) is 3.52. The van der Waals surface area contributed by atoms with Crippen LogP contribution in [0.1, 0.15) is 28.4 Å². The van der Waals surface area contributed by atoms with Crippen LogP contribution < -0.4 is 10.1 Å². The van der Waals surface area contributed by atoms with Crippen LogP contribution in [0, 0.1) is 5.82 Å². The van der Waals surface area contributed by atoms with Crippen LogP contribution in [0.4, 0.5) is 10.1 Å². The van der Waals surface area contributed by atoms with Crippen LogP contribution in [0.15, 0.2) is 42.5 Å². The molecule has 0 saturated carbocycles. The molecule has 5 heteroatoms. The summed E-state index contributed by atoms with van der Waals surface area (Å²) in [6.07, 6.45) is 0.643. The molecule has 3 rings (SSSR count). The van der Waals surface area contributed by atoms with Crippen LogP contribution in [0.2, 0.25) is 0 Å². The number of halogens is 1. The van der Waals surface area contributed by atoms with E-state index in [-0.39, 0.29) is 17.3 Å². The summed E-state index contributed by atoms with van der Waals surface area (Å²) in [6.45, 7) is 0.505. The largest absolute Gasteiger partial charge is 0.493 e. The first-order chi connectivity index (χ1) is 10.2. The van der Waals surface area contributed by atoms with Gasteiger partial charge in [0.25, 0.3) is 0 Å². The summed E-state index contributed by atoms with van der Waals surface area (Å²) in [6, 6.07) is 11.3. The molecule has 2 N–H and O–H groups in total. The zero-order valence-corrected chi connectivity index (χ0v) is 11.2. The minimum Gasteiger partial charge on any atom is -0.493 e. The van der Waals surface area contributed by atoms with E-state index < -0.39 is 11.8 Å². The summed E-state index contributed by atoms with van der Waals surface area (Å²) < 4.78 is 19.5. The number of anilines is 1. The molecule has 2 aromatic rings. The summed E-state index contributed by atoms with van der Waals surface area (Å²) in [4.78, 5) is 11.2. The Morgan fingerprint density at radius 3 is 2.86 bits per heavy atom. The molecule has 0 radical (unpaired) electrons. The standard InChI is InChI=1S/C16H14FNO3/c17-12-6-3-5-11(16(19)20)15(12)18-13-8-9-21-14-7-2-1-4-10(13)14/h1-7,13,18H,8-9H2,(H,19,20). The van der Waals surface area contributed by atoms with Gasteiger partial charge in [0.15, 0.2) is 0 Å². The van der Waals surface area contributed by atoms with Crippen molar-refractivity contribution in [3.63, 3.8) is 0 Å². The number of hydrogen-bond acceptors (Lipinski definition) is 3. The lowest BCUT2D eigenvalue weighted by Gasteiger charge is -2.28. The van der Waals surface area contributed by atoms with Gasteiger partial charge in [-0.05, 0) is 18.2 Å². The second kappa shape index (κ2) is 5.44. The Labute approximate surface area is 121 Å². The highest BCUT2D eigenvalue weighted by molar-refractivity contribution is 5.94. The SMILES string of the molecule is O=C(O)c1cccc(F)c1NC1CCOc2ccccc21. The van der Waals surface area contributed by atoms with E-state index in [1.165, 1.54) is 18.2 Å². The lowest BCUT2D eigenvalue weighted by Crippen LogP contribution is -2.22. The second-order valence-corrected chi connectivity index (χ2v) is 4.84. The molecule has 0 aliphatic carbocycles. The van der Waals surface area contributed by atoms with Gasteiger partial charge in [0.2, 0.25) is 0 Å². The Kier molecular flexibility index (Phi) is 3.48. The molecular formula is C16H14FNO3. The van der Waals surface area contributed by atoms with E-state index in [1.54, 1.807) is 0 Å². The number of carbonyl (C=O) groups is 1. The monoisotopic (exact) mass is 287 g/mol. The fourth-order valence-corrected chi connectivity index (χ4v) is 2.52. The van der Waals surface area contributed by atoms with Crippen molar-refractivity contribution in [2.24, 2.45) is 0 Å². The number of para-hydroxylation sites is 2. The molecule has 108 valence electrons. The third kappa shape index (κ3) is 2.54. The Hall–Kier alpha value is -2.56.